The zero-order chi connectivity index (χ0) is 14.6. The van der Waals surface area contributed by atoms with Gasteiger partial charge in [0.1, 0.15) is 5.82 Å². The van der Waals surface area contributed by atoms with Crippen molar-refractivity contribution in [3.8, 4) is 0 Å². The van der Waals surface area contributed by atoms with E-state index >= 15 is 0 Å². The summed E-state index contributed by atoms with van der Waals surface area (Å²) in [6.45, 7) is 12.2. The zero-order valence-corrected chi connectivity index (χ0v) is 13.1. The van der Waals surface area contributed by atoms with Crippen LogP contribution in [-0.2, 0) is 11.3 Å². The predicted octanol–water partition coefficient (Wildman–Crippen LogP) is 2.58. The topological polar surface area (TPSA) is 37.4 Å². The second kappa shape index (κ2) is 6.55. The summed E-state index contributed by atoms with van der Waals surface area (Å²) >= 11 is 0. The fraction of sp³-hybridized carbons (Fsp3) is 0.688. The van der Waals surface area contributed by atoms with E-state index in [2.05, 4.69) is 55.0 Å². The molecule has 0 aromatic carbocycles. The Kier molecular flexibility index (Phi) is 5.00. The van der Waals surface area contributed by atoms with Gasteiger partial charge in [-0.1, -0.05) is 6.92 Å². The number of pyridine rings is 1. The maximum atomic E-state index is 5.57. The molecule has 112 valence electrons. The van der Waals surface area contributed by atoms with Crippen LogP contribution in [0.2, 0.25) is 0 Å². The standard InChI is InChI=1S/C16H27N3O/c1-5-14-12-20-9-8-19(14)15-10-13(6-7-17-15)11-18-16(2,3)4/h6-7,10,14,18H,5,8-9,11-12H2,1-4H3. The summed E-state index contributed by atoms with van der Waals surface area (Å²) in [5.74, 6) is 1.08. The Labute approximate surface area is 122 Å². The molecule has 1 aromatic heterocycles. The Morgan fingerprint density at radius 2 is 2.25 bits per heavy atom. The monoisotopic (exact) mass is 277 g/mol. The van der Waals surface area contributed by atoms with Crippen molar-refractivity contribution in [3.05, 3.63) is 23.9 Å². The summed E-state index contributed by atoms with van der Waals surface area (Å²) in [5, 5.41) is 3.52. The number of ether oxygens (including phenoxy) is 1. The van der Waals surface area contributed by atoms with Crippen molar-refractivity contribution in [2.45, 2.75) is 52.2 Å². The lowest BCUT2D eigenvalue weighted by atomic mass is 10.1. The van der Waals surface area contributed by atoms with Crippen molar-refractivity contribution in [2.75, 3.05) is 24.7 Å². The summed E-state index contributed by atoms with van der Waals surface area (Å²) < 4.78 is 5.57. The van der Waals surface area contributed by atoms with Crippen LogP contribution in [0.1, 0.15) is 39.7 Å². The predicted molar refractivity (Wildman–Crippen MR) is 83.1 cm³/mol. The summed E-state index contributed by atoms with van der Waals surface area (Å²) in [4.78, 5) is 6.93. The van der Waals surface area contributed by atoms with Gasteiger partial charge in [0.2, 0.25) is 0 Å². The lowest BCUT2D eigenvalue weighted by molar-refractivity contribution is 0.0925. The highest BCUT2D eigenvalue weighted by molar-refractivity contribution is 5.42. The van der Waals surface area contributed by atoms with Crippen LogP contribution in [0.25, 0.3) is 0 Å². The van der Waals surface area contributed by atoms with Gasteiger partial charge in [-0.15, -0.1) is 0 Å². The van der Waals surface area contributed by atoms with E-state index in [9.17, 15) is 0 Å². The Bertz CT molecular complexity index is 428. The molecule has 0 amide bonds. The lowest BCUT2D eigenvalue weighted by Gasteiger charge is -2.36. The fourth-order valence-electron chi connectivity index (χ4n) is 2.39. The van der Waals surface area contributed by atoms with Gasteiger partial charge in [-0.25, -0.2) is 4.98 Å². The van der Waals surface area contributed by atoms with Crippen LogP contribution in [0.15, 0.2) is 18.3 Å². The third-order valence-electron chi connectivity index (χ3n) is 3.63. The van der Waals surface area contributed by atoms with Crippen LogP contribution in [0.3, 0.4) is 0 Å². The summed E-state index contributed by atoms with van der Waals surface area (Å²) in [6, 6.07) is 4.73. The number of hydrogen-bond acceptors (Lipinski definition) is 4. The molecule has 0 aliphatic carbocycles. The van der Waals surface area contributed by atoms with E-state index in [4.69, 9.17) is 4.74 Å². The normalized spacial score (nSPS) is 20.2. The van der Waals surface area contributed by atoms with Gasteiger partial charge in [0.25, 0.3) is 0 Å². The van der Waals surface area contributed by atoms with E-state index in [0.29, 0.717) is 6.04 Å². The number of hydrogen-bond donors (Lipinski definition) is 1. The van der Waals surface area contributed by atoms with Crippen molar-refractivity contribution >= 4 is 5.82 Å². The van der Waals surface area contributed by atoms with Crippen molar-refractivity contribution in [2.24, 2.45) is 0 Å². The smallest absolute Gasteiger partial charge is 0.129 e. The SMILES string of the molecule is CCC1COCCN1c1cc(CNC(C)(C)C)ccn1. The third-order valence-corrected chi connectivity index (χ3v) is 3.63. The molecule has 1 aliphatic heterocycles. The van der Waals surface area contributed by atoms with Crippen molar-refractivity contribution in [1.29, 1.82) is 0 Å². The van der Waals surface area contributed by atoms with Crippen LogP contribution < -0.4 is 10.2 Å². The molecular weight excluding hydrogens is 250 g/mol. The largest absolute Gasteiger partial charge is 0.377 e. The number of aromatic nitrogens is 1. The molecule has 1 aromatic rings. The molecule has 1 aliphatic rings. The summed E-state index contributed by atoms with van der Waals surface area (Å²) in [5.41, 5.74) is 1.42. The number of nitrogens with zero attached hydrogens (tertiary/aromatic N) is 2. The molecule has 1 atom stereocenters. The van der Waals surface area contributed by atoms with E-state index in [1.165, 1.54) is 5.56 Å². The Morgan fingerprint density at radius 3 is 2.95 bits per heavy atom. The van der Waals surface area contributed by atoms with Gasteiger partial charge >= 0.3 is 0 Å². The first kappa shape index (κ1) is 15.3. The van der Waals surface area contributed by atoms with E-state index in [1.54, 1.807) is 0 Å². The van der Waals surface area contributed by atoms with Crippen LogP contribution in [0.5, 0.6) is 0 Å². The molecule has 0 radical (unpaired) electrons. The maximum Gasteiger partial charge on any atom is 0.129 e. The highest BCUT2D eigenvalue weighted by atomic mass is 16.5. The van der Waals surface area contributed by atoms with Gasteiger partial charge < -0.3 is 15.0 Å². The van der Waals surface area contributed by atoms with Crippen molar-refractivity contribution in [3.63, 3.8) is 0 Å². The van der Waals surface area contributed by atoms with Gasteiger partial charge in [0.15, 0.2) is 0 Å². The van der Waals surface area contributed by atoms with Gasteiger partial charge in [-0.2, -0.15) is 0 Å². The molecule has 0 saturated carbocycles. The summed E-state index contributed by atoms with van der Waals surface area (Å²) in [7, 11) is 0. The van der Waals surface area contributed by atoms with Crippen molar-refractivity contribution < 1.29 is 4.74 Å². The van der Waals surface area contributed by atoms with Gasteiger partial charge in [-0.05, 0) is 44.9 Å². The van der Waals surface area contributed by atoms with Crippen LogP contribution >= 0.6 is 0 Å². The minimum Gasteiger partial charge on any atom is -0.377 e. The molecule has 1 saturated heterocycles. The Morgan fingerprint density at radius 1 is 1.45 bits per heavy atom. The molecule has 2 rings (SSSR count). The average molecular weight is 277 g/mol. The van der Waals surface area contributed by atoms with Crippen LogP contribution in [0, 0.1) is 0 Å². The van der Waals surface area contributed by atoms with Gasteiger partial charge in [0.05, 0.1) is 19.3 Å². The minimum atomic E-state index is 0.133. The molecule has 1 N–H and O–H groups in total. The molecule has 4 nitrogen and oxygen atoms in total. The minimum absolute atomic E-state index is 0.133. The number of anilines is 1. The Balaban J connectivity index is 2.08. The third kappa shape index (κ3) is 4.18. The first-order valence-electron chi connectivity index (χ1n) is 7.54. The van der Waals surface area contributed by atoms with Crippen LogP contribution in [-0.4, -0.2) is 36.3 Å². The maximum absolute atomic E-state index is 5.57. The quantitative estimate of drug-likeness (QED) is 0.918. The molecular formula is C16H27N3O. The molecule has 1 fully saturated rings. The van der Waals surface area contributed by atoms with E-state index in [0.717, 1.165) is 38.5 Å². The second-order valence-electron chi connectivity index (χ2n) is 6.46. The number of nitrogens with one attached hydrogen (secondary N) is 1. The fourth-order valence-corrected chi connectivity index (χ4v) is 2.39. The molecule has 0 spiro atoms. The Hall–Kier alpha value is -1.13. The average Bonchev–Trinajstić information content (AvgIpc) is 2.45. The van der Waals surface area contributed by atoms with Crippen molar-refractivity contribution in [1.82, 2.24) is 10.3 Å². The second-order valence-corrected chi connectivity index (χ2v) is 6.46. The summed E-state index contributed by atoms with van der Waals surface area (Å²) in [6.07, 6.45) is 3.00. The zero-order valence-electron chi connectivity index (χ0n) is 13.1. The first-order valence-corrected chi connectivity index (χ1v) is 7.54. The molecule has 1 unspecified atom stereocenters. The van der Waals surface area contributed by atoms with E-state index in [-0.39, 0.29) is 5.54 Å². The highest BCUT2D eigenvalue weighted by Gasteiger charge is 2.22. The molecule has 2 heterocycles. The molecule has 20 heavy (non-hydrogen) atoms. The van der Waals surface area contributed by atoms with E-state index < -0.39 is 0 Å². The first-order chi connectivity index (χ1) is 9.49. The molecule has 0 bridgehead atoms. The van der Waals surface area contributed by atoms with Crippen LogP contribution in [0.4, 0.5) is 5.82 Å². The highest BCUT2D eigenvalue weighted by Crippen LogP contribution is 2.20. The van der Waals surface area contributed by atoms with E-state index in [1.807, 2.05) is 6.20 Å². The number of rotatable bonds is 4. The lowest BCUT2D eigenvalue weighted by Crippen LogP contribution is -2.45. The molecule has 4 heteroatoms. The van der Waals surface area contributed by atoms with Gasteiger partial charge in [0, 0.05) is 24.8 Å². The van der Waals surface area contributed by atoms with Gasteiger partial charge in [-0.3, -0.25) is 0 Å². The number of morpholine rings is 1.